The molecule has 122 valence electrons. The summed E-state index contributed by atoms with van der Waals surface area (Å²) in [6.45, 7) is 1.38. The number of sulfonamides is 1. The molecule has 1 aromatic rings. The molecule has 1 saturated heterocycles. The van der Waals surface area contributed by atoms with Gasteiger partial charge in [0, 0.05) is 13.1 Å². The predicted molar refractivity (Wildman–Crippen MR) is 90.4 cm³/mol. The Bertz CT molecular complexity index is 564. The normalized spacial score (nSPS) is 25.7. The molecule has 0 amide bonds. The lowest BCUT2D eigenvalue weighted by molar-refractivity contribution is 0.383. The Hall–Kier alpha value is -0.870. The summed E-state index contributed by atoms with van der Waals surface area (Å²) in [5.41, 5.74) is 1.29. The van der Waals surface area contributed by atoms with Crippen LogP contribution in [0.5, 0.6) is 0 Å². The Labute approximate surface area is 134 Å². The Morgan fingerprint density at radius 3 is 2.27 bits per heavy atom. The minimum Gasteiger partial charge on any atom is -0.212 e. The molecule has 2 fully saturated rings. The third-order valence-corrected chi connectivity index (χ3v) is 7.60. The van der Waals surface area contributed by atoms with Crippen LogP contribution < -0.4 is 0 Å². The molecule has 1 atom stereocenters. The molecule has 0 N–H and O–H groups in total. The smallest absolute Gasteiger partial charge is 0.212 e. The average Bonchev–Trinajstić information content (AvgIpc) is 2.83. The van der Waals surface area contributed by atoms with Crippen molar-refractivity contribution >= 4 is 10.0 Å². The van der Waals surface area contributed by atoms with Crippen LogP contribution in [-0.2, 0) is 10.0 Å². The minimum absolute atomic E-state index is 0.129. The molecule has 1 aromatic carbocycles. The predicted octanol–water partition coefficient (Wildman–Crippen LogP) is 3.92. The Morgan fingerprint density at radius 2 is 1.55 bits per heavy atom. The molecule has 0 spiro atoms. The van der Waals surface area contributed by atoms with Crippen LogP contribution in [0.25, 0.3) is 0 Å². The summed E-state index contributed by atoms with van der Waals surface area (Å²) >= 11 is 0. The second-order valence-corrected chi connectivity index (χ2v) is 8.98. The molecule has 1 saturated carbocycles. The summed E-state index contributed by atoms with van der Waals surface area (Å²) in [5.74, 6) is 0.349. The van der Waals surface area contributed by atoms with Gasteiger partial charge >= 0.3 is 0 Å². The van der Waals surface area contributed by atoms with E-state index in [0.29, 0.717) is 19.0 Å². The van der Waals surface area contributed by atoms with Crippen LogP contribution in [-0.4, -0.2) is 31.1 Å². The van der Waals surface area contributed by atoms with Crippen molar-refractivity contribution in [1.29, 1.82) is 0 Å². The van der Waals surface area contributed by atoms with Gasteiger partial charge in [0.05, 0.1) is 5.25 Å². The minimum atomic E-state index is -3.12. The summed E-state index contributed by atoms with van der Waals surface area (Å²) < 4.78 is 27.8. The molecule has 3 rings (SSSR count). The van der Waals surface area contributed by atoms with E-state index in [4.69, 9.17) is 0 Å². The summed E-state index contributed by atoms with van der Waals surface area (Å²) in [5, 5.41) is -0.129. The first-order valence-corrected chi connectivity index (χ1v) is 10.2. The maximum atomic E-state index is 13.0. The molecule has 1 heterocycles. The molecule has 0 aromatic heterocycles. The SMILES string of the molecule is O=S(=O)(C1CCCCC1)N1CCCCC(c2ccccc2)C1. The number of nitrogens with zero attached hydrogens (tertiary/aromatic N) is 1. The van der Waals surface area contributed by atoms with E-state index >= 15 is 0 Å². The lowest BCUT2D eigenvalue weighted by atomic mass is 9.95. The van der Waals surface area contributed by atoms with Crippen LogP contribution in [0.1, 0.15) is 62.8 Å². The topological polar surface area (TPSA) is 37.4 Å². The van der Waals surface area contributed by atoms with Crippen LogP contribution in [0.15, 0.2) is 30.3 Å². The lowest BCUT2D eigenvalue weighted by Crippen LogP contribution is -2.41. The van der Waals surface area contributed by atoms with E-state index in [9.17, 15) is 8.42 Å². The molecule has 0 radical (unpaired) electrons. The van der Waals surface area contributed by atoms with Crippen molar-refractivity contribution in [1.82, 2.24) is 4.31 Å². The molecule has 0 bridgehead atoms. The highest BCUT2D eigenvalue weighted by atomic mass is 32.2. The van der Waals surface area contributed by atoms with E-state index in [1.165, 1.54) is 12.0 Å². The fourth-order valence-corrected chi connectivity index (χ4v) is 6.03. The van der Waals surface area contributed by atoms with Gasteiger partial charge in [-0.1, -0.05) is 56.0 Å². The van der Waals surface area contributed by atoms with Crippen LogP contribution in [0.3, 0.4) is 0 Å². The van der Waals surface area contributed by atoms with Gasteiger partial charge in [-0.2, -0.15) is 0 Å². The average molecular weight is 321 g/mol. The standard InChI is InChI=1S/C18H27NO2S/c20-22(21,18-12-5-2-6-13-18)19-14-8-7-11-17(15-19)16-9-3-1-4-10-16/h1,3-4,9-10,17-18H,2,5-8,11-15H2. The van der Waals surface area contributed by atoms with Crippen LogP contribution in [0, 0.1) is 0 Å². The van der Waals surface area contributed by atoms with Crippen molar-refractivity contribution in [2.24, 2.45) is 0 Å². The molecule has 1 aliphatic heterocycles. The first-order chi connectivity index (χ1) is 10.7. The summed E-state index contributed by atoms with van der Waals surface area (Å²) in [6.07, 6.45) is 8.26. The zero-order chi connectivity index (χ0) is 15.4. The van der Waals surface area contributed by atoms with Gasteiger partial charge in [-0.25, -0.2) is 12.7 Å². The van der Waals surface area contributed by atoms with Gasteiger partial charge in [0.2, 0.25) is 10.0 Å². The van der Waals surface area contributed by atoms with Crippen molar-refractivity contribution in [2.75, 3.05) is 13.1 Å². The first-order valence-electron chi connectivity index (χ1n) is 8.72. The number of hydrogen-bond donors (Lipinski definition) is 0. The van der Waals surface area contributed by atoms with E-state index in [-0.39, 0.29) is 5.25 Å². The molecular formula is C18H27NO2S. The van der Waals surface area contributed by atoms with Gasteiger partial charge in [0.1, 0.15) is 0 Å². The summed E-state index contributed by atoms with van der Waals surface area (Å²) in [7, 11) is -3.12. The summed E-state index contributed by atoms with van der Waals surface area (Å²) in [6, 6.07) is 10.4. The molecule has 1 unspecified atom stereocenters. The second-order valence-electron chi connectivity index (χ2n) is 6.77. The van der Waals surface area contributed by atoms with E-state index in [0.717, 1.165) is 44.9 Å². The fraction of sp³-hybridized carbons (Fsp3) is 0.667. The van der Waals surface area contributed by atoms with Gasteiger partial charge in [-0.15, -0.1) is 0 Å². The molecule has 2 aliphatic rings. The Kier molecular flexibility index (Phi) is 5.19. The Morgan fingerprint density at radius 1 is 0.864 bits per heavy atom. The van der Waals surface area contributed by atoms with Crippen molar-refractivity contribution in [3.8, 4) is 0 Å². The highest BCUT2D eigenvalue weighted by Gasteiger charge is 2.35. The van der Waals surface area contributed by atoms with Crippen LogP contribution in [0.2, 0.25) is 0 Å². The highest BCUT2D eigenvalue weighted by molar-refractivity contribution is 7.89. The van der Waals surface area contributed by atoms with Gasteiger partial charge in [0.25, 0.3) is 0 Å². The van der Waals surface area contributed by atoms with Crippen molar-refractivity contribution in [2.45, 2.75) is 62.5 Å². The third kappa shape index (κ3) is 3.54. The number of hydrogen-bond acceptors (Lipinski definition) is 2. The maximum absolute atomic E-state index is 13.0. The van der Waals surface area contributed by atoms with E-state index in [1.807, 2.05) is 10.4 Å². The molecule has 4 heteroatoms. The third-order valence-electron chi connectivity index (χ3n) is 5.24. The lowest BCUT2D eigenvalue weighted by Gasteiger charge is -2.30. The quantitative estimate of drug-likeness (QED) is 0.846. The number of rotatable bonds is 3. The van der Waals surface area contributed by atoms with Crippen molar-refractivity contribution in [3.05, 3.63) is 35.9 Å². The Balaban J connectivity index is 1.77. The van der Waals surface area contributed by atoms with Crippen molar-refractivity contribution < 1.29 is 8.42 Å². The van der Waals surface area contributed by atoms with Gasteiger partial charge < -0.3 is 0 Å². The van der Waals surface area contributed by atoms with Crippen LogP contribution >= 0.6 is 0 Å². The molecule has 1 aliphatic carbocycles. The zero-order valence-electron chi connectivity index (χ0n) is 13.3. The van der Waals surface area contributed by atoms with Gasteiger partial charge in [0.15, 0.2) is 0 Å². The van der Waals surface area contributed by atoms with Gasteiger partial charge in [-0.3, -0.25) is 0 Å². The van der Waals surface area contributed by atoms with E-state index in [1.54, 1.807) is 0 Å². The maximum Gasteiger partial charge on any atom is 0.216 e. The summed E-state index contributed by atoms with van der Waals surface area (Å²) in [4.78, 5) is 0. The van der Waals surface area contributed by atoms with E-state index in [2.05, 4.69) is 24.3 Å². The largest absolute Gasteiger partial charge is 0.216 e. The second kappa shape index (κ2) is 7.14. The molecule has 3 nitrogen and oxygen atoms in total. The highest BCUT2D eigenvalue weighted by Crippen LogP contribution is 2.31. The monoisotopic (exact) mass is 321 g/mol. The number of benzene rings is 1. The first kappa shape index (κ1) is 16.0. The molecule has 22 heavy (non-hydrogen) atoms. The zero-order valence-corrected chi connectivity index (χ0v) is 14.1. The van der Waals surface area contributed by atoms with E-state index < -0.39 is 10.0 Å². The van der Waals surface area contributed by atoms with Gasteiger partial charge in [-0.05, 0) is 37.2 Å². The van der Waals surface area contributed by atoms with Crippen LogP contribution in [0.4, 0.5) is 0 Å². The molecular weight excluding hydrogens is 294 g/mol. The fourth-order valence-electron chi connectivity index (χ4n) is 3.91. The van der Waals surface area contributed by atoms with Crippen molar-refractivity contribution in [3.63, 3.8) is 0 Å².